The number of nitrogens with two attached hydrogens (primary N) is 1. The standard InChI is InChI=1S/C13H21N3O/c1-5-6-9-15-11-8-7-10(14)12(16-11)17-13(2,3)4/h5,7-8H,1,6,9,14H2,2-4H3,(H,15,16). The van der Waals surface area contributed by atoms with Crippen molar-refractivity contribution in [1.29, 1.82) is 0 Å². The van der Waals surface area contributed by atoms with Crippen molar-refractivity contribution in [3.05, 3.63) is 24.8 Å². The summed E-state index contributed by atoms with van der Waals surface area (Å²) in [6.45, 7) is 10.4. The molecule has 0 saturated carbocycles. The van der Waals surface area contributed by atoms with E-state index < -0.39 is 0 Å². The Morgan fingerprint density at radius 3 is 2.76 bits per heavy atom. The molecule has 0 aliphatic heterocycles. The Morgan fingerprint density at radius 1 is 1.47 bits per heavy atom. The number of pyridine rings is 1. The zero-order valence-corrected chi connectivity index (χ0v) is 10.8. The zero-order valence-electron chi connectivity index (χ0n) is 10.8. The summed E-state index contributed by atoms with van der Waals surface area (Å²) in [6, 6.07) is 3.64. The lowest BCUT2D eigenvalue weighted by molar-refractivity contribution is 0.125. The van der Waals surface area contributed by atoms with Crippen LogP contribution >= 0.6 is 0 Å². The van der Waals surface area contributed by atoms with Gasteiger partial charge in [0.1, 0.15) is 11.4 Å². The van der Waals surface area contributed by atoms with Gasteiger partial charge < -0.3 is 15.8 Å². The van der Waals surface area contributed by atoms with E-state index >= 15 is 0 Å². The number of ether oxygens (including phenoxy) is 1. The highest BCUT2D eigenvalue weighted by molar-refractivity contribution is 5.53. The van der Waals surface area contributed by atoms with Gasteiger partial charge >= 0.3 is 0 Å². The molecular formula is C13H21N3O. The van der Waals surface area contributed by atoms with Gasteiger partial charge in [0.15, 0.2) is 0 Å². The van der Waals surface area contributed by atoms with Gasteiger partial charge in [-0.2, -0.15) is 4.98 Å². The van der Waals surface area contributed by atoms with Crippen LogP contribution in [0, 0.1) is 0 Å². The SMILES string of the molecule is C=CCCNc1ccc(N)c(OC(C)(C)C)n1. The fourth-order valence-corrected chi connectivity index (χ4v) is 1.22. The molecule has 1 aromatic heterocycles. The van der Waals surface area contributed by atoms with E-state index in [9.17, 15) is 0 Å². The molecule has 1 heterocycles. The Balaban J connectivity index is 2.75. The molecular weight excluding hydrogens is 214 g/mol. The normalized spacial score (nSPS) is 11.0. The summed E-state index contributed by atoms with van der Waals surface area (Å²) >= 11 is 0. The van der Waals surface area contributed by atoms with Crippen LogP contribution in [0.15, 0.2) is 24.8 Å². The summed E-state index contributed by atoms with van der Waals surface area (Å²) in [5.74, 6) is 1.24. The Hall–Kier alpha value is -1.71. The van der Waals surface area contributed by atoms with Crippen molar-refractivity contribution in [2.45, 2.75) is 32.8 Å². The minimum absolute atomic E-state index is 0.305. The Morgan fingerprint density at radius 2 is 2.18 bits per heavy atom. The summed E-state index contributed by atoms with van der Waals surface area (Å²) in [4.78, 5) is 4.34. The summed E-state index contributed by atoms with van der Waals surface area (Å²) in [6.07, 6.45) is 2.75. The maximum absolute atomic E-state index is 5.82. The molecule has 4 heteroatoms. The highest BCUT2D eigenvalue weighted by Gasteiger charge is 2.15. The van der Waals surface area contributed by atoms with Gasteiger partial charge in [0.2, 0.25) is 5.88 Å². The number of aromatic nitrogens is 1. The van der Waals surface area contributed by atoms with E-state index in [-0.39, 0.29) is 5.60 Å². The summed E-state index contributed by atoms with van der Waals surface area (Å²) < 4.78 is 5.68. The van der Waals surface area contributed by atoms with E-state index in [0.717, 1.165) is 18.8 Å². The number of hydrogen-bond acceptors (Lipinski definition) is 4. The molecule has 0 aromatic carbocycles. The van der Waals surface area contributed by atoms with Crippen molar-refractivity contribution in [2.24, 2.45) is 0 Å². The van der Waals surface area contributed by atoms with Crippen LogP contribution < -0.4 is 15.8 Å². The average molecular weight is 235 g/mol. The topological polar surface area (TPSA) is 60.2 Å². The van der Waals surface area contributed by atoms with Gasteiger partial charge in [0.05, 0.1) is 5.69 Å². The van der Waals surface area contributed by atoms with Crippen LogP contribution in [0.3, 0.4) is 0 Å². The molecule has 0 bridgehead atoms. The molecule has 0 saturated heterocycles. The number of nitrogens with one attached hydrogen (secondary N) is 1. The lowest BCUT2D eigenvalue weighted by Crippen LogP contribution is -2.24. The largest absolute Gasteiger partial charge is 0.470 e. The summed E-state index contributed by atoms with van der Waals surface area (Å²) in [5, 5.41) is 3.18. The Labute approximate surface area is 103 Å². The Kier molecular flexibility index (Phi) is 4.37. The van der Waals surface area contributed by atoms with E-state index in [1.54, 1.807) is 6.07 Å². The fourth-order valence-electron chi connectivity index (χ4n) is 1.22. The van der Waals surface area contributed by atoms with E-state index in [1.807, 2.05) is 32.9 Å². The number of hydrogen-bond donors (Lipinski definition) is 2. The van der Waals surface area contributed by atoms with Crippen molar-refractivity contribution >= 4 is 11.5 Å². The maximum Gasteiger partial charge on any atom is 0.239 e. The molecule has 3 N–H and O–H groups in total. The molecule has 0 aliphatic rings. The number of anilines is 2. The third kappa shape index (κ3) is 4.76. The first-order valence-electron chi connectivity index (χ1n) is 5.72. The first kappa shape index (κ1) is 13.4. The second kappa shape index (κ2) is 5.57. The zero-order chi connectivity index (χ0) is 12.9. The highest BCUT2D eigenvalue weighted by atomic mass is 16.5. The van der Waals surface area contributed by atoms with Crippen LogP contribution in [0.2, 0.25) is 0 Å². The second-order valence-corrected chi connectivity index (χ2v) is 4.81. The monoisotopic (exact) mass is 235 g/mol. The van der Waals surface area contributed by atoms with Crippen LogP contribution in [-0.2, 0) is 0 Å². The molecule has 17 heavy (non-hydrogen) atoms. The van der Waals surface area contributed by atoms with Crippen LogP contribution in [0.4, 0.5) is 11.5 Å². The van der Waals surface area contributed by atoms with Crippen LogP contribution in [0.25, 0.3) is 0 Å². The second-order valence-electron chi connectivity index (χ2n) is 4.81. The van der Waals surface area contributed by atoms with Crippen molar-refractivity contribution in [2.75, 3.05) is 17.6 Å². The number of nitrogens with zero attached hydrogens (tertiary/aromatic N) is 1. The van der Waals surface area contributed by atoms with Crippen LogP contribution in [0.1, 0.15) is 27.2 Å². The lowest BCUT2D eigenvalue weighted by atomic mass is 10.2. The quantitative estimate of drug-likeness (QED) is 0.608. The van der Waals surface area contributed by atoms with Gasteiger partial charge in [-0.1, -0.05) is 6.08 Å². The smallest absolute Gasteiger partial charge is 0.239 e. The third-order valence-electron chi connectivity index (χ3n) is 1.95. The first-order valence-corrected chi connectivity index (χ1v) is 5.72. The van der Waals surface area contributed by atoms with Gasteiger partial charge in [0.25, 0.3) is 0 Å². The van der Waals surface area contributed by atoms with Gasteiger partial charge in [0, 0.05) is 6.54 Å². The summed E-state index contributed by atoms with van der Waals surface area (Å²) in [7, 11) is 0. The van der Waals surface area contributed by atoms with Gasteiger partial charge in [-0.25, -0.2) is 0 Å². The van der Waals surface area contributed by atoms with E-state index in [0.29, 0.717) is 11.6 Å². The molecule has 0 spiro atoms. The van der Waals surface area contributed by atoms with Crippen molar-refractivity contribution in [3.63, 3.8) is 0 Å². The van der Waals surface area contributed by atoms with Crippen LogP contribution in [-0.4, -0.2) is 17.1 Å². The van der Waals surface area contributed by atoms with Crippen LogP contribution in [0.5, 0.6) is 5.88 Å². The van der Waals surface area contributed by atoms with E-state index in [2.05, 4.69) is 16.9 Å². The molecule has 0 aliphatic carbocycles. The minimum atomic E-state index is -0.305. The molecule has 0 amide bonds. The third-order valence-corrected chi connectivity index (χ3v) is 1.95. The number of nitrogen functional groups attached to an aromatic ring is 1. The summed E-state index contributed by atoms with van der Waals surface area (Å²) in [5.41, 5.74) is 6.07. The first-order chi connectivity index (χ1) is 7.92. The molecule has 1 rings (SSSR count). The van der Waals surface area contributed by atoms with Crippen molar-refractivity contribution in [3.8, 4) is 5.88 Å². The molecule has 0 radical (unpaired) electrons. The average Bonchev–Trinajstić information content (AvgIpc) is 2.21. The molecule has 0 fully saturated rings. The lowest BCUT2D eigenvalue weighted by Gasteiger charge is -2.21. The predicted octanol–water partition coefficient (Wildman–Crippen LogP) is 2.83. The predicted molar refractivity (Wildman–Crippen MR) is 72.3 cm³/mol. The molecule has 0 atom stereocenters. The molecule has 94 valence electrons. The van der Waals surface area contributed by atoms with Gasteiger partial charge in [-0.15, -0.1) is 6.58 Å². The Bertz CT molecular complexity index is 383. The van der Waals surface area contributed by atoms with Gasteiger partial charge in [-0.3, -0.25) is 0 Å². The molecule has 1 aromatic rings. The maximum atomic E-state index is 5.82. The van der Waals surface area contributed by atoms with Gasteiger partial charge in [-0.05, 0) is 39.3 Å². The fraction of sp³-hybridized carbons (Fsp3) is 0.462. The number of rotatable bonds is 5. The van der Waals surface area contributed by atoms with Crippen molar-refractivity contribution in [1.82, 2.24) is 4.98 Å². The molecule has 4 nitrogen and oxygen atoms in total. The highest BCUT2D eigenvalue weighted by Crippen LogP contribution is 2.24. The minimum Gasteiger partial charge on any atom is -0.470 e. The van der Waals surface area contributed by atoms with E-state index in [4.69, 9.17) is 10.5 Å². The molecule has 0 unspecified atom stereocenters. The van der Waals surface area contributed by atoms with Crippen molar-refractivity contribution < 1.29 is 4.74 Å². The van der Waals surface area contributed by atoms with E-state index in [1.165, 1.54) is 0 Å².